The van der Waals surface area contributed by atoms with E-state index in [0.717, 1.165) is 54.1 Å². The minimum atomic E-state index is -3.50. The Kier molecular flexibility index (Phi) is 7.51. The van der Waals surface area contributed by atoms with Crippen molar-refractivity contribution in [3.05, 3.63) is 53.6 Å². The number of hydrogen-bond acceptors (Lipinski definition) is 7. The lowest BCUT2D eigenvalue weighted by Crippen LogP contribution is -2.48. The van der Waals surface area contributed by atoms with E-state index < -0.39 is 10.0 Å². The topological polar surface area (TPSA) is 85.8 Å². The largest absolute Gasteiger partial charge is 0.351 e. The van der Waals surface area contributed by atoms with Gasteiger partial charge in [0.15, 0.2) is 5.13 Å². The van der Waals surface area contributed by atoms with Crippen LogP contribution in [-0.2, 0) is 16.4 Å². The molecule has 0 radical (unpaired) electrons. The van der Waals surface area contributed by atoms with Crippen LogP contribution in [0.1, 0.15) is 22.8 Å². The molecule has 1 saturated heterocycles. The Hall–Kier alpha value is -2.53. The number of nitrogens with one attached hydrogen (secondary N) is 1. The molecule has 1 fully saturated rings. The fourth-order valence-electron chi connectivity index (χ4n) is 4.00. The lowest BCUT2D eigenvalue weighted by Gasteiger charge is -2.34. The van der Waals surface area contributed by atoms with Crippen LogP contribution in [-0.4, -0.2) is 81.9 Å². The van der Waals surface area contributed by atoms with Crippen molar-refractivity contribution >= 4 is 42.6 Å². The van der Waals surface area contributed by atoms with E-state index in [9.17, 15) is 13.2 Å². The molecule has 0 bridgehead atoms. The zero-order valence-corrected chi connectivity index (χ0v) is 21.5. The highest BCUT2D eigenvalue weighted by Gasteiger charge is 2.21. The zero-order valence-electron chi connectivity index (χ0n) is 19.8. The third-order valence-corrected chi connectivity index (χ3v) is 9.03. The second-order valence-corrected chi connectivity index (χ2v) is 11.7. The molecule has 2 aromatic carbocycles. The number of sulfonamides is 1. The van der Waals surface area contributed by atoms with Gasteiger partial charge in [-0.3, -0.25) is 9.69 Å². The van der Waals surface area contributed by atoms with Crippen molar-refractivity contribution in [2.45, 2.75) is 18.2 Å². The number of rotatable bonds is 8. The van der Waals surface area contributed by atoms with E-state index in [1.54, 1.807) is 23.5 Å². The molecule has 1 amide bonds. The number of hydrogen-bond donors (Lipinski definition) is 1. The summed E-state index contributed by atoms with van der Waals surface area (Å²) in [5.74, 6) is -0.200. The van der Waals surface area contributed by atoms with Crippen molar-refractivity contribution in [3.63, 3.8) is 0 Å². The smallest absolute Gasteiger partial charge is 0.251 e. The summed E-state index contributed by atoms with van der Waals surface area (Å²) in [6.07, 6.45) is 0.985. The van der Waals surface area contributed by atoms with Crippen LogP contribution >= 0.6 is 11.3 Å². The molecule has 0 aliphatic carbocycles. The predicted octanol–water partition coefficient (Wildman–Crippen LogP) is 2.66. The molecule has 0 atom stereocenters. The van der Waals surface area contributed by atoms with Gasteiger partial charge >= 0.3 is 0 Å². The second kappa shape index (κ2) is 10.4. The molecule has 3 aromatic rings. The van der Waals surface area contributed by atoms with Crippen LogP contribution < -0.4 is 10.2 Å². The number of nitrogens with zero attached hydrogens (tertiary/aromatic N) is 4. The Bertz CT molecular complexity index is 1250. The van der Waals surface area contributed by atoms with Crippen molar-refractivity contribution in [1.29, 1.82) is 0 Å². The van der Waals surface area contributed by atoms with Gasteiger partial charge in [-0.2, -0.15) is 0 Å². The molecule has 1 aromatic heterocycles. The molecule has 10 heteroatoms. The molecule has 8 nitrogen and oxygen atoms in total. The quantitative estimate of drug-likeness (QED) is 0.511. The number of piperazine rings is 1. The molecule has 4 rings (SSSR count). The maximum atomic E-state index is 12.5. The van der Waals surface area contributed by atoms with Gasteiger partial charge < -0.3 is 10.2 Å². The number of carbonyl (C=O) groups excluding carboxylic acids is 1. The lowest BCUT2D eigenvalue weighted by atomic mass is 10.1. The summed E-state index contributed by atoms with van der Waals surface area (Å²) in [6, 6.07) is 12.4. The van der Waals surface area contributed by atoms with Gasteiger partial charge in [-0.25, -0.2) is 17.7 Å². The highest BCUT2D eigenvalue weighted by atomic mass is 32.2. The maximum Gasteiger partial charge on any atom is 0.251 e. The minimum Gasteiger partial charge on any atom is -0.351 e. The molecule has 1 aliphatic rings. The fraction of sp³-hybridized carbons (Fsp3) is 0.417. The summed E-state index contributed by atoms with van der Waals surface area (Å²) in [4.78, 5) is 22.2. The Morgan fingerprint density at radius 2 is 1.79 bits per heavy atom. The zero-order chi connectivity index (χ0) is 24.3. The molecule has 2 heterocycles. The third kappa shape index (κ3) is 5.25. The molecule has 1 aliphatic heterocycles. The van der Waals surface area contributed by atoms with E-state index in [1.165, 1.54) is 36.5 Å². The van der Waals surface area contributed by atoms with Gasteiger partial charge in [0, 0.05) is 58.9 Å². The number of aromatic nitrogens is 1. The van der Waals surface area contributed by atoms with E-state index in [2.05, 4.69) is 40.2 Å². The average molecular weight is 502 g/mol. The van der Waals surface area contributed by atoms with Gasteiger partial charge in [-0.1, -0.05) is 30.4 Å². The monoisotopic (exact) mass is 501 g/mol. The van der Waals surface area contributed by atoms with Crippen molar-refractivity contribution in [2.24, 2.45) is 0 Å². The van der Waals surface area contributed by atoms with Crippen LogP contribution in [0.4, 0.5) is 5.13 Å². The number of para-hydroxylation sites is 1. The highest BCUT2D eigenvalue weighted by Crippen LogP contribution is 2.31. The highest BCUT2D eigenvalue weighted by molar-refractivity contribution is 7.89. The molecule has 0 spiro atoms. The first-order chi connectivity index (χ1) is 16.3. The summed E-state index contributed by atoms with van der Waals surface area (Å²) < 4.78 is 26.7. The summed E-state index contributed by atoms with van der Waals surface area (Å²) >= 11 is 1.76. The standard InChI is InChI=1S/C24H31N5O3S2/c1-4-18-6-5-7-21-22(18)26-24(33-21)29-16-14-28(15-17-29)13-12-25-23(30)19-8-10-20(11-9-19)34(31,32)27(2)3/h5-11H,4,12-17H2,1-3H3,(H,25,30). The summed E-state index contributed by atoms with van der Waals surface area (Å²) in [5, 5.41) is 4.02. The summed E-state index contributed by atoms with van der Waals surface area (Å²) in [6.45, 7) is 7.14. The molecule has 1 N–H and O–H groups in total. The summed E-state index contributed by atoms with van der Waals surface area (Å²) in [5.41, 5.74) is 2.87. The van der Waals surface area contributed by atoms with E-state index in [-0.39, 0.29) is 10.8 Å². The fourth-order valence-corrected chi connectivity index (χ4v) is 5.96. The van der Waals surface area contributed by atoms with E-state index in [0.29, 0.717) is 12.1 Å². The summed E-state index contributed by atoms with van der Waals surface area (Å²) in [7, 11) is -0.533. The first kappa shape index (κ1) is 24.6. The van der Waals surface area contributed by atoms with Gasteiger partial charge in [0.2, 0.25) is 10.0 Å². The molecular weight excluding hydrogens is 470 g/mol. The van der Waals surface area contributed by atoms with E-state index in [1.807, 2.05) is 0 Å². The maximum absolute atomic E-state index is 12.5. The first-order valence-electron chi connectivity index (χ1n) is 11.5. The Morgan fingerprint density at radius 3 is 2.44 bits per heavy atom. The van der Waals surface area contributed by atoms with Gasteiger partial charge in [-0.15, -0.1) is 0 Å². The molecule has 34 heavy (non-hydrogen) atoms. The predicted molar refractivity (Wildman–Crippen MR) is 137 cm³/mol. The van der Waals surface area contributed by atoms with Gasteiger partial charge in [0.05, 0.1) is 15.1 Å². The van der Waals surface area contributed by atoms with Gasteiger partial charge in [0.1, 0.15) is 0 Å². The molecule has 0 saturated carbocycles. The van der Waals surface area contributed by atoms with Crippen molar-refractivity contribution in [3.8, 4) is 0 Å². The van der Waals surface area contributed by atoms with E-state index in [4.69, 9.17) is 4.98 Å². The average Bonchev–Trinajstić information content (AvgIpc) is 3.29. The lowest BCUT2D eigenvalue weighted by molar-refractivity contribution is 0.0947. The van der Waals surface area contributed by atoms with Crippen molar-refractivity contribution in [1.82, 2.24) is 19.5 Å². The van der Waals surface area contributed by atoms with Crippen molar-refractivity contribution in [2.75, 3.05) is 58.3 Å². The van der Waals surface area contributed by atoms with Crippen LogP contribution in [0.15, 0.2) is 47.4 Å². The number of anilines is 1. The molecule has 0 unspecified atom stereocenters. The van der Waals surface area contributed by atoms with Crippen LogP contribution in [0.25, 0.3) is 10.2 Å². The van der Waals surface area contributed by atoms with Crippen molar-refractivity contribution < 1.29 is 13.2 Å². The van der Waals surface area contributed by atoms with Crippen LogP contribution in [0.3, 0.4) is 0 Å². The number of aryl methyl sites for hydroxylation is 1. The Labute approximate surface area is 205 Å². The van der Waals surface area contributed by atoms with E-state index >= 15 is 0 Å². The SMILES string of the molecule is CCc1cccc2sc(N3CCN(CCNC(=O)c4ccc(S(=O)(=O)N(C)C)cc4)CC3)nc12. The Morgan fingerprint density at radius 1 is 1.09 bits per heavy atom. The third-order valence-electron chi connectivity index (χ3n) is 6.12. The number of thiazole rings is 1. The molecular formula is C24H31N5O3S2. The number of carbonyl (C=O) groups is 1. The van der Waals surface area contributed by atoms with Crippen LogP contribution in [0, 0.1) is 0 Å². The number of fused-ring (bicyclic) bond motifs is 1. The number of benzene rings is 2. The number of amides is 1. The van der Waals surface area contributed by atoms with Gasteiger partial charge in [0.25, 0.3) is 5.91 Å². The van der Waals surface area contributed by atoms with Crippen LogP contribution in [0.5, 0.6) is 0 Å². The second-order valence-electron chi connectivity index (χ2n) is 8.51. The van der Waals surface area contributed by atoms with Gasteiger partial charge in [-0.05, 0) is 42.3 Å². The first-order valence-corrected chi connectivity index (χ1v) is 13.7. The molecule has 182 valence electrons. The Balaban J connectivity index is 1.25. The normalized spacial score (nSPS) is 15.2. The van der Waals surface area contributed by atoms with Crippen LogP contribution in [0.2, 0.25) is 0 Å². The minimum absolute atomic E-state index is 0.172.